The van der Waals surface area contributed by atoms with Crippen LogP contribution < -0.4 is 0 Å². The number of phosphoric ester groups is 1. The van der Waals surface area contributed by atoms with Gasteiger partial charge in [0.15, 0.2) is 6.10 Å². The van der Waals surface area contributed by atoms with E-state index in [2.05, 4.69) is 86.8 Å². The van der Waals surface area contributed by atoms with Gasteiger partial charge >= 0.3 is 19.8 Å². The lowest BCUT2D eigenvalue weighted by Crippen LogP contribution is -2.64. The second kappa shape index (κ2) is 36.3. The van der Waals surface area contributed by atoms with Crippen LogP contribution in [0.15, 0.2) is 97.2 Å². The van der Waals surface area contributed by atoms with Crippen molar-refractivity contribution in [2.24, 2.45) is 0 Å². The highest BCUT2D eigenvalue weighted by Gasteiger charge is 2.51. The molecule has 1 fully saturated rings. The molecule has 13 nitrogen and oxygen atoms in total. The molecule has 61 heavy (non-hydrogen) atoms. The lowest BCUT2D eigenvalue weighted by molar-refractivity contribution is -0.220. The predicted octanol–water partition coefficient (Wildman–Crippen LogP) is 8.27. The molecule has 0 bridgehead atoms. The second-order valence-corrected chi connectivity index (χ2v) is 16.3. The molecule has 1 aliphatic carbocycles. The molecule has 0 aromatic rings. The molecule has 0 aromatic heterocycles. The Bertz CT molecular complexity index is 1430. The minimum absolute atomic E-state index is 0.0597. The highest BCUT2D eigenvalue weighted by molar-refractivity contribution is 7.47. The molecule has 14 heteroatoms. The minimum Gasteiger partial charge on any atom is -0.462 e. The summed E-state index contributed by atoms with van der Waals surface area (Å²) in [4.78, 5) is 35.6. The Morgan fingerprint density at radius 2 is 0.967 bits per heavy atom. The van der Waals surface area contributed by atoms with Crippen LogP contribution in [0.25, 0.3) is 0 Å². The molecule has 0 aliphatic heterocycles. The SMILES string of the molecule is CC/C=C/C=C/C=C/CCCCCCCC(=O)OC(COC(=O)CCCCC/C=C/C/C=C/C/C=C/C/C=C/C/C=C/CC)COP(=O)(O)OC1C(O)C(O)C(O)[C@H](O)C1O. The zero-order chi connectivity index (χ0) is 45.0. The molecule has 1 saturated carbocycles. The smallest absolute Gasteiger partial charge is 0.462 e. The number of carbonyl (C=O) groups is 2. The van der Waals surface area contributed by atoms with Crippen LogP contribution in [0.4, 0.5) is 0 Å². The summed E-state index contributed by atoms with van der Waals surface area (Å²) in [6.45, 7) is 2.98. The Morgan fingerprint density at radius 3 is 1.54 bits per heavy atom. The zero-order valence-corrected chi connectivity index (χ0v) is 37.3. The largest absolute Gasteiger partial charge is 0.472 e. The first kappa shape index (κ1) is 55.8. The summed E-state index contributed by atoms with van der Waals surface area (Å²) < 4.78 is 33.4. The number of allylic oxidation sites excluding steroid dienone is 16. The number of carbonyl (C=O) groups excluding carboxylic acids is 2. The molecule has 7 unspecified atom stereocenters. The van der Waals surface area contributed by atoms with Crippen LogP contribution in [0, 0.1) is 0 Å². The molecule has 1 rings (SSSR count). The fourth-order valence-corrected chi connectivity index (χ4v) is 6.93. The van der Waals surface area contributed by atoms with Crippen LogP contribution in [0.2, 0.25) is 0 Å². The van der Waals surface area contributed by atoms with E-state index >= 15 is 0 Å². The van der Waals surface area contributed by atoms with E-state index in [1.54, 1.807) is 0 Å². The maximum atomic E-state index is 12.8. The van der Waals surface area contributed by atoms with Gasteiger partial charge in [0.2, 0.25) is 0 Å². The molecular formula is C47H75O13P. The third-order valence-electron chi connectivity index (χ3n) is 9.48. The molecule has 0 heterocycles. The highest BCUT2D eigenvalue weighted by Crippen LogP contribution is 2.47. The first-order valence-electron chi connectivity index (χ1n) is 22.1. The lowest BCUT2D eigenvalue weighted by atomic mass is 9.85. The number of ether oxygens (including phenoxy) is 2. The van der Waals surface area contributed by atoms with Crippen molar-refractivity contribution < 1.29 is 63.1 Å². The third-order valence-corrected chi connectivity index (χ3v) is 10.5. The number of aliphatic hydroxyl groups is 5. The van der Waals surface area contributed by atoms with Gasteiger partial charge in [0, 0.05) is 12.8 Å². The highest BCUT2D eigenvalue weighted by atomic mass is 31.2. The van der Waals surface area contributed by atoms with Crippen molar-refractivity contribution >= 4 is 19.8 Å². The van der Waals surface area contributed by atoms with Crippen molar-refractivity contribution in [3.05, 3.63) is 97.2 Å². The average molecular weight is 879 g/mol. The summed E-state index contributed by atoms with van der Waals surface area (Å²) in [5.41, 5.74) is 0. The second-order valence-electron chi connectivity index (χ2n) is 14.8. The molecule has 8 atom stereocenters. The fraction of sp³-hybridized carbons (Fsp3) is 0.617. The van der Waals surface area contributed by atoms with E-state index in [1.165, 1.54) is 0 Å². The van der Waals surface area contributed by atoms with E-state index in [4.69, 9.17) is 18.5 Å². The first-order valence-corrected chi connectivity index (χ1v) is 23.6. The van der Waals surface area contributed by atoms with E-state index in [9.17, 15) is 44.6 Å². The van der Waals surface area contributed by atoms with Gasteiger partial charge in [-0.15, -0.1) is 0 Å². The number of phosphoric acid groups is 1. The van der Waals surface area contributed by atoms with E-state index in [0.29, 0.717) is 12.8 Å². The van der Waals surface area contributed by atoms with Crippen LogP contribution >= 0.6 is 7.82 Å². The van der Waals surface area contributed by atoms with Crippen LogP contribution in [0.3, 0.4) is 0 Å². The van der Waals surface area contributed by atoms with Crippen molar-refractivity contribution in [3.8, 4) is 0 Å². The van der Waals surface area contributed by atoms with Crippen molar-refractivity contribution in [3.63, 3.8) is 0 Å². The minimum atomic E-state index is -5.14. The van der Waals surface area contributed by atoms with E-state index in [1.807, 2.05) is 24.3 Å². The Balaban J connectivity index is 2.51. The van der Waals surface area contributed by atoms with Crippen LogP contribution in [0.1, 0.15) is 129 Å². The Hall–Kier alpha value is -3.23. The summed E-state index contributed by atoms with van der Waals surface area (Å²) in [5.74, 6) is -1.17. The van der Waals surface area contributed by atoms with Gasteiger partial charge in [-0.2, -0.15) is 0 Å². The van der Waals surface area contributed by atoms with Crippen LogP contribution in [0.5, 0.6) is 0 Å². The normalized spacial score (nSPS) is 23.0. The number of hydrogen-bond donors (Lipinski definition) is 6. The van der Waals surface area contributed by atoms with Crippen molar-refractivity contribution in [2.75, 3.05) is 13.2 Å². The molecule has 6 N–H and O–H groups in total. The Labute approximate surface area is 364 Å². The fourth-order valence-electron chi connectivity index (χ4n) is 5.96. The van der Waals surface area contributed by atoms with Crippen molar-refractivity contribution in [2.45, 2.75) is 172 Å². The third kappa shape index (κ3) is 28.9. The standard InChI is InChI=1S/C47H75O13P/c1-3-5-7-9-11-13-15-17-18-19-20-21-22-24-25-27-29-31-33-35-40(48)57-37-39(38-58-61(55,56)60-47-45(53)43(51)42(50)44(52)46(47)54)59-41(49)36-34-32-30-28-26-23-16-14-12-10-8-6-4-2/h5-8,10-14,16-18,20-21,24-25,39,42-47,50-54H,3-4,9,15,19,22-23,26-38H2,1-2H3,(H,55,56)/b7-5+,8-6+,12-10+,13-11+,16-14+,18-17+,21-20+,25-24+/t39?,42?,43-,44?,45?,46?,47?/m0/s1. The number of unbranched alkanes of at least 4 members (excludes halogenated alkanes) is 8. The molecule has 0 aromatic carbocycles. The van der Waals surface area contributed by atoms with Crippen LogP contribution in [-0.2, 0) is 32.7 Å². The topological polar surface area (TPSA) is 210 Å². The van der Waals surface area contributed by atoms with Crippen LogP contribution in [-0.4, -0.2) is 98.3 Å². The van der Waals surface area contributed by atoms with Gasteiger partial charge in [0.25, 0.3) is 0 Å². The average Bonchev–Trinajstić information content (AvgIpc) is 3.24. The van der Waals surface area contributed by atoms with Gasteiger partial charge in [-0.1, -0.05) is 137 Å². The van der Waals surface area contributed by atoms with E-state index in [-0.39, 0.29) is 12.8 Å². The van der Waals surface area contributed by atoms with Gasteiger partial charge < -0.3 is 39.9 Å². The van der Waals surface area contributed by atoms with Gasteiger partial charge in [-0.3, -0.25) is 18.6 Å². The molecule has 0 amide bonds. The zero-order valence-electron chi connectivity index (χ0n) is 36.4. The Kier molecular flexibility index (Phi) is 33.2. The molecule has 1 aliphatic rings. The van der Waals surface area contributed by atoms with Crippen molar-refractivity contribution in [1.29, 1.82) is 0 Å². The van der Waals surface area contributed by atoms with Crippen molar-refractivity contribution in [1.82, 2.24) is 0 Å². The molecule has 0 spiro atoms. The van der Waals surface area contributed by atoms with Gasteiger partial charge in [0.1, 0.15) is 43.2 Å². The monoisotopic (exact) mass is 878 g/mol. The summed E-state index contributed by atoms with van der Waals surface area (Å²) >= 11 is 0. The maximum Gasteiger partial charge on any atom is 0.472 e. The number of hydrogen-bond acceptors (Lipinski definition) is 12. The summed E-state index contributed by atoms with van der Waals surface area (Å²) in [7, 11) is -5.14. The number of rotatable bonds is 34. The van der Waals surface area contributed by atoms with Gasteiger partial charge in [-0.25, -0.2) is 4.57 Å². The summed E-state index contributed by atoms with van der Waals surface area (Å²) in [6.07, 6.45) is 34.7. The molecule has 0 radical (unpaired) electrons. The molecular weight excluding hydrogens is 803 g/mol. The predicted molar refractivity (Wildman–Crippen MR) is 239 cm³/mol. The first-order chi connectivity index (χ1) is 29.4. The Morgan fingerprint density at radius 1 is 0.525 bits per heavy atom. The summed E-state index contributed by atoms with van der Waals surface area (Å²) in [5, 5.41) is 50.1. The van der Waals surface area contributed by atoms with Gasteiger partial charge in [0.05, 0.1) is 6.61 Å². The number of aliphatic hydroxyl groups excluding tert-OH is 5. The van der Waals surface area contributed by atoms with E-state index < -0.39 is 75.7 Å². The van der Waals surface area contributed by atoms with Gasteiger partial charge in [-0.05, 0) is 77.0 Å². The summed E-state index contributed by atoms with van der Waals surface area (Å²) in [6, 6.07) is 0. The molecule has 0 saturated heterocycles. The lowest BCUT2D eigenvalue weighted by Gasteiger charge is -2.41. The maximum absolute atomic E-state index is 12.8. The molecule has 346 valence electrons. The number of esters is 2. The van der Waals surface area contributed by atoms with E-state index in [0.717, 1.165) is 89.9 Å². The quantitative estimate of drug-likeness (QED) is 0.0118.